The average Bonchev–Trinajstić information content (AvgIpc) is 3.18. The summed E-state index contributed by atoms with van der Waals surface area (Å²) in [5, 5.41) is 4.95. The third-order valence-electron chi connectivity index (χ3n) is 3.58. The van der Waals surface area contributed by atoms with Gasteiger partial charge >= 0.3 is 6.03 Å². The molecule has 6 heteroatoms. The zero-order valence-electron chi connectivity index (χ0n) is 11.8. The molecule has 1 N–H and O–H groups in total. The number of nitrogens with zero attached hydrogens (tertiary/aromatic N) is 2. The lowest BCUT2D eigenvalue weighted by Crippen LogP contribution is -2.34. The molecule has 1 aliphatic rings. The maximum absolute atomic E-state index is 12.4. The van der Waals surface area contributed by atoms with E-state index >= 15 is 0 Å². The maximum Gasteiger partial charge on any atom is 0.322 e. The summed E-state index contributed by atoms with van der Waals surface area (Å²) in [6, 6.07) is 7.77. The van der Waals surface area contributed by atoms with Gasteiger partial charge in [-0.1, -0.05) is 6.07 Å². The molecule has 0 bridgehead atoms. The molecule has 0 saturated carbocycles. The summed E-state index contributed by atoms with van der Waals surface area (Å²) in [5.41, 5.74) is 0.678. The van der Waals surface area contributed by atoms with Crippen LogP contribution < -0.4 is 10.1 Å². The number of hydrogen-bond donors (Lipinski definition) is 1. The van der Waals surface area contributed by atoms with Crippen molar-refractivity contribution in [3.63, 3.8) is 0 Å². The summed E-state index contributed by atoms with van der Waals surface area (Å²) in [5.74, 6) is 0.533. The quantitative estimate of drug-likeness (QED) is 0.944. The van der Waals surface area contributed by atoms with Gasteiger partial charge in [-0.3, -0.25) is 0 Å². The maximum atomic E-state index is 12.4. The highest BCUT2D eigenvalue weighted by atomic mass is 32.1. The fourth-order valence-electron chi connectivity index (χ4n) is 2.56. The van der Waals surface area contributed by atoms with Crippen LogP contribution in [-0.2, 0) is 0 Å². The zero-order valence-corrected chi connectivity index (χ0v) is 12.6. The Bertz CT molecular complexity index is 598. The summed E-state index contributed by atoms with van der Waals surface area (Å²) in [6.07, 6.45) is 3.67. The molecule has 0 aromatic carbocycles. The van der Waals surface area contributed by atoms with E-state index in [4.69, 9.17) is 4.74 Å². The van der Waals surface area contributed by atoms with Crippen molar-refractivity contribution in [1.29, 1.82) is 0 Å². The summed E-state index contributed by atoms with van der Waals surface area (Å²) < 4.78 is 5.01. The predicted octanol–water partition coefficient (Wildman–Crippen LogP) is 3.52. The fourth-order valence-corrected chi connectivity index (χ4v) is 3.43. The first-order chi connectivity index (χ1) is 10.3. The predicted molar refractivity (Wildman–Crippen MR) is 82.8 cm³/mol. The van der Waals surface area contributed by atoms with Gasteiger partial charge in [-0.15, -0.1) is 11.3 Å². The lowest BCUT2D eigenvalue weighted by molar-refractivity contribution is 0.208. The molecule has 0 radical (unpaired) electrons. The highest BCUT2D eigenvalue weighted by Gasteiger charge is 2.30. The molecule has 1 saturated heterocycles. The molecule has 0 aliphatic carbocycles. The normalized spacial score (nSPS) is 17.8. The molecule has 2 aromatic rings. The number of urea groups is 1. The molecular formula is C15H17N3O2S. The van der Waals surface area contributed by atoms with Gasteiger partial charge in [-0.2, -0.15) is 0 Å². The first-order valence-electron chi connectivity index (χ1n) is 6.89. The van der Waals surface area contributed by atoms with Crippen molar-refractivity contribution in [3.05, 3.63) is 40.7 Å². The Morgan fingerprint density at radius 2 is 2.38 bits per heavy atom. The van der Waals surface area contributed by atoms with Crippen LogP contribution in [0.4, 0.5) is 10.5 Å². The van der Waals surface area contributed by atoms with Crippen LogP contribution in [0.25, 0.3) is 0 Å². The Hall–Kier alpha value is -2.08. The van der Waals surface area contributed by atoms with Crippen LogP contribution in [0.5, 0.6) is 5.88 Å². The van der Waals surface area contributed by atoms with Gasteiger partial charge in [0.25, 0.3) is 0 Å². The van der Waals surface area contributed by atoms with Crippen molar-refractivity contribution >= 4 is 23.1 Å². The number of methoxy groups -OCH3 is 1. The lowest BCUT2D eigenvalue weighted by atomic mass is 10.2. The second-order valence-corrected chi connectivity index (χ2v) is 5.87. The van der Waals surface area contributed by atoms with Gasteiger partial charge in [-0.05, 0) is 30.4 Å². The molecule has 3 rings (SSSR count). The van der Waals surface area contributed by atoms with Crippen LogP contribution in [0.2, 0.25) is 0 Å². The highest BCUT2D eigenvalue weighted by Crippen LogP contribution is 2.34. The van der Waals surface area contributed by atoms with Crippen LogP contribution in [0.3, 0.4) is 0 Å². The van der Waals surface area contributed by atoms with Gasteiger partial charge in [0.2, 0.25) is 5.88 Å². The largest absolute Gasteiger partial charge is 0.481 e. The van der Waals surface area contributed by atoms with Crippen LogP contribution in [-0.4, -0.2) is 29.6 Å². The molecule has 0 spiro atoms. The number of anilines is 1. The smallest absolute Gasteiger partial charge is 0.322 e. The number of aromatic nitrogens is 1. The van der Waals surface area contributed by atoms with Crippen molar-refractivity contribution in [2.24, 2.45) is 0 Å². The van der Waals surface area contributed by atoms with E-state index < -0.39 is 0 Å². The minimum atomic E-state index is -0.0714. The number of amides is 2. The number of pyridine rings is 1. The number of rotatable bonds is 3. The summed E-state index contributed by atoms with van der Waals surface area (Å²) in [6.45, 7) is 0.790. The Balaban J connectivity index is 1.69. The van der Waals surface area contributed by atoms with Crippen molar-refractivity contribution < 1.29 is 9.53 Å². The monoisotopic (exact) mass is 303 g/mol. The molecule has 2 aromatic heterocycles. The third kappa shape index (κ3) is 3.00. The first kappa shape index (κ1) is 13.9. The second kappa shape index (κ2) is 6.13. The minimum absolute atomic E-state index is 0.0714. The number of ether oxygens (including phenoxy) is 1. The van der Waals surface area contributed by atoms with Gasteiger partial charge in [0.1, 0.15) is 0 Å². The molecule has 3 heterocycles. The molecule has 1 fully saturated rings. The standard InChI is InChI=1S/C15H17N3O2S/c1-20-14-7-6-11(10-16-14)17-15(19)18-8-2-4-12(18)13-5-3-9-21-13/h3,5-7,9-10,12H,2,4,8H2,1H3,(H,17,19)/t12-/m0/s1. The number of nitrogens with one attached hydrogen (secondary N) is 1. The number of carbonyl (C=O) groups excluding carboxylic acids is 1. The van der Waals surface area contributed by atoms with E-state index in [0.29, 0.717) is 11.6 Å². The van der Waals surface area contributed by atoms with E-state index in [2.05, 4.69) is 21.7 Å². The Morgan fingerprint density at radius 3 is 3.05 bits per heavy atom. The number of hydrogen-bond acceptors (Lipinski definition) is 4. The van der Waals surface area contributed by atoms with Crippen molar-refractivity contribution in [2.45, 2.75) is 18.9 Å². The van der Waals surface area contributed by atoms with Gasteiger partial charge in [0.15, 0.2) is 0 Å². The molecule has 1 atom stereocenters. The van der Waals surface area contributed by atoms with E-state index in [1.165, 1.54) is 4.88 Å². The lowest BCUT2D eigenvalue weighted by Gasteiger charge is -2.24. The van der Waals surface area contributed by atoms with Crippen LogP contribution in [0, 0.1) is 0 Å². The molecule has 2 amide bonds. The van der Waals surface area contributed by atoms with Crippen molar-refractivity contribution in [3.8, 4) is 5.88 Å². The molecule has 1 aliphatic heterocycles. The third-order valence-corrected chi connectivity index (χ3v) is 4.56. The average molecular weight is 303 g/mol. The van der Waals surface area contributed by atoms with Gasteiger partial charge < -0.3 is 15.0 Å². The Labute approximate surface area is 127 Å². The Kier molecular flexibility index (Phi) is 4.06. The van der Waals surface area contributed by atoms with Gasteiger partial charge in [-0.25, -0.2) is 9.78 Å². The molecular weight excluding hydrogens is 286 g/mol. The number of thiophene rings is 1. The summed E-state index contributed by atoms with van der Waals surface area (Å²) in [4.78, 5) is 19.7. The summed E-state index contributed by atoms with van der Waals surface area (Å²) in [7, 11) is 1.57. The van der Waals surface area contributed by atoms with Crippen molar-refractivity contribution in [2.75, 3.05) is 19.0 Å². The van der Waals surface area contributed by atoms with E-state index in [1.54, 1.807) is 36.8 Å². The molecule has 21 heavy (non-hydrogen) atoms. The van der Waals surface area contributed by atoms with E-state index in [-0.39, 0.29) is 12.1 Å². The zero-order chi connectivity index (χ0) is 14.7. The van der Waals surface area contributed by atoms with E-state index in [1.807, 2.05) is 11.0 Å². The molecule has 5 nitrogen and oxygen atoms in total. The van der Waals surface area contributed by atoms with Gasteiger partial charge in [0, 0.05) is 17.5 Å². The first-order valence-corrected chi connectivity index (χ1v) is 7.77. The SMILES string of the molecule is COc1ccc(NC(=O)N2CCC[C@H]2c2cccs2)cn1. The Morgan fingerprint density at radius 1 is 1.48 bits per heavy atom. The second-order valence-electron chi connectivity index (χ2n) is 4.89. The summed E-state index contributed by atoms with van der Waals surface area (Å²) >= 11 is 1.70. The fraction of sp³-hybridized carbons (Fsp3) is 0.333. The number of likely N-dealkylation sites (tertiary alicyclic amines) is 1. The van der Waals surface area contributed by atoms with Crippen LogP contribution in [0.1, 0.15) is 23.8 Å². The molecule has 0 unspecified atom stereocenters. The van der Waals surface area contributed by atoms with Crippen LogP contribution in [0.15, 0.2) is 35.8 Å². The molecule has 110 valence electrons. The van der Waals surface area contributed by atoms with Gasteiger partial charge in [0.05, 0.1) is 25.0 Å². The van der Waals surface area contributed by atoms with Crippen molar-refractivity contribution in [1.82, 2.24) is 9.88 Å². The van der Waals surface area contributed by atoms with Crippen LogP contribution >= 0.6 is 11.3 Å². The van der Waals surface area contributed by atoms with E-state index in [0.717, 1.165) is 19.4 Å². The highest BCUT2D eigenvalue weighted by molar-refractivity contribution is 7.10. The minimum Gasteiger partial charge on any atom is -0.481 e. The number of carbonyl (C=O) groups is 1. The topological polar surface area (TPSA) is 54.5 Å². The van der Waals surface area contributed by atoms with E-state index in [9.17, 15) is 4.79 Å².